The van der Waals surface area contributed by atoms with E-state index in [9.17, 15) is 9.90 Å². The number of aliphatic hydroxyl groups is 1. The first-order valence-corrected chi connectivity index (χ1v) is 11.2. The largest absolute Gasteiger partial charge is 0.390 e. The molecular formula is C24H27Cl2NO2. The van der Waals surface area contributed by atoms with Gasteiger partial charge in [-0.15, -0.1) is 0 Å². The van der Waals surface area contributed by atoms with Crippen molar-refractivity contribution in [1.82, 2.24) is 4.90 Å². The van der Waals surface area contributed by atoms with E-state index in [0.29, 0.717) is 16.5 Å². The van der Waals surface area contributed by atoms with E-state index in [2.05, 4.69) is 11.0 Å². The minimum Gasteiger partial charge on any atom is -0.390 e. The molecule has 2 aliphatic rings. The van der Waals surface area contributed by atoms with Crippen molar-refractivity contribution in [3.63, 3.8) is 0 Å². The maximum absolute atomic E-state index is 13.0. The van der Waals surface area contributed by atoms with Crippen molar-refractivity contribution < 1.29 is 9.90 Å². The van der Waals surface area contributed by atoms with E-state index in [1.807, 2.05) is 43.3 Å². The zero-order valence-corrected chi connectivity index (χ0v) is 18.2. The average Bonchev–Trinajstić information content (AvgIpc) is 3.04. The Bertz CT molecular complexity index is 884. The highest BCUT2D eigenvalue weighted by molar-refractivity contribution is 6.31. The third kappa shape index (κ3) is 4.63. The molecule has 154 valence electrons. The molecule has 1 atom stereocenters. The van der Waals surface area contributed by atoms with Crippen molar-refractivity contribution in [1.29, 1.82) is 0 Å². The van der Waals surface area contributed by atoms with Gasteiger partial charge in [-0.05, 0) is 80.3 Å². The summed E-state index contributed by atoms with van der Waals surface area (Å²) in [5, 5.41) is 11.6. The molecule has 1 saturated carbocycles. The molecule has 4 rings (SSSR count). The summed E-state index contributed by atoms with van der Waals surface area (Å²) in [4.78, 5) is 15.1. The standard InChI is InChI=1S/C24H27Cl2NO2/c1-24(29)11-8-21(9-12-24)27-13-10-19(23(27)28)14-18-3-2-17(15-22(18)26)16-4-6-20(25)7-5-16/h2-7,15,19,21,29H,8-14H2,1H3. The molecule has 1 saturated heterocycles. The molecule has 2 aromatic rings. The Morgan fingerprint density at radius 3 is 2.34 bits per heavy atom. The van der Waals surface area contributed by atoms with Gasteiger partial charge in [-0.25, -0.2) is 0 Å². The van der Waals surface area contributed by atoms with E-state index >= 15 is 0 Å². The summed E-state index contributed by atoms with van der Waals surface area (Å²) in [5.74, 6) is 0.241. The summed E-state index contributed by atoms with van der Waals surface area (Å²) in [6.07, 6.45) is 4.87. The van der Waals surface area contributed by atoms with Gasteiger partial charge in [0.25, 0.3) is 0 Å². The Morgan fingerprint density at radius 2 is 1.69 bits per heavy atom. The Hall–Kier alpha value is -1.55. The number of carbonyl (C=O) groups excluding carboxylic acids is 1. The second kappa shape index (κ2) is 8.29. The van der Waals surface area contributed by atoms with Crippen LogP contribution in [0.4, 0.5) is 0 Å². The molecule has 5 heteroatoms. The molecule has 29 heavy (non-hydrogen) atoms. The van der Waals surface area contributed by atoms with Gasteiger partial charge in [-0.1, -0.05) is 47.5 Å². The van der Waals surface area contributed by atoms with Crippen LogP contribution in [0.25, 0.3) is 11.1 Å². The van der Waals surface area contributed by atoms with Crippen LogP contribution in [-0.4, -0.2) is 34.1 Å². The van der Waals surface area contributed by atoms with Gasteiger partial charge in [0.05, 0.1) is 5.60 Å². The quantitative estimate of drug-likeness (QED) is 0.669. The summed E-state index contributed by atoms with van der Waals surface area (Å²) < 4.78 is 0. The van der Waals surface area contributed by atoms with Crippen molar-refractivity contribution in [2.45, 2.75) is 57.1 Å². The van der Waals surface area contributed by atoms with Crippen molar-refractivity contribution in [3.8, 4) is 11.1 Å². The molecule has 2 aromatic carbocycles. The van der Waals surface area contributed by atoms with E-state index in [4.69, 9.17) is 23.2 Å². The predicted octanol–water partition coefficient (Wildman–Crippen LogP) is 5.75. The van der Waals surface area contributed by atoms with Gasteiger partial charge < -0.3 is 10.0 Å². The normalized spacial score (nSPS) is 27.4. The van der Waals surface area contributed by atoms with Crippen molar-refractivity contribution >= 4 is 29.1 Å². The van der Waals surface area contributed by atoms with Crippen LogP contribution < -0.4 is 0 Å². The van der Waals surface area contributed by atoms with Crippen LogP contribution in [0.3, 0.4) is 0 Å². The highest BCUT2D eigenvalue weighted by atomic mass is 35.5. The lowest BCUT2D eigenvalue weighted by Gasteiger charge is -2.37. The van der Waals surface area contributed by atoms with E-state index in [1.165, 1.54) is 0 Å². The number of amides is 1. The van der Waals surface area contributed by atoms with Gasteiger partial charge in [0.15, 0.2) is 0 Å². The van der Waals surface area contributed by atoms with Crippen LogP contribution in [0.2, 0.25) is 10.0 Å². The molecule has 3 nitrogen and oxygen atoms in total. The van der Waals surface area contributed by atoms with E-state index in [-0.39, 0.29) is 17.9 Å². The van der Waals surface area contributed by atoms with Gasteiger partial charge in [-0.3, -0.25) is 4.79 Å². The fourth-order valence-corrected chi connectivity index (χ4v) is 5.04. The lowest BCUT2D eigenvalue weighted by Crippen LogP contribution is -2.43. The maximum atomic E-state index is 13.0. The van der Waals surface area contributed by atoms with E-state index < -0.39 is 5.60 Å². The number of benzene rings is 2. The van der Waals surface area contributed by atoms with Crippen molar-refractivity contribution in [2.75, 3.05) is 6.54 Å². The number of carbonyl (C=O) groups is 1. The van der Waals surface area contributed by atoms with Crippen LogP contribution in [0.5, 0.6) is 0 Å². The first-order valence-electron chi connectivity index (χ1n) is 10.4. The predicted molar refractivity (Wildman–Crippen MR) is 118 cm³/mol. The van der Waals surface area contributed by atoms with Crippen molar-refractivity contribution in [3.05, 3.63) is 58.1 Å². The second-order valence-corrected chi connectivity index (χ2v) is 9.61. The summed E-state index contributed by atoms with van der Waals surface area (Å²) in [7, 11) is 0. The first-order chi connectivity index (χ1) is 13.8. The van der Waals surface area contributed by atoms with E-state index in [1.54, 1.807) is 0 Å². The van der Waals surface area contributed by atoms with Crippen LogP contribution in [-0.2, 0) is 11.2 Å². The zero-order chi connectivity index (χ0) is 20.6. The van der Waals surface area contributed by atoms with Crippen LogP contribution >= 0.6 is 23.2 Å². The zero-order valence-electron chi connectivity index (χ0n) is 16.7. The highest BCUT2D eigenvalue weighted by Gasteiger charge is 2.39. The van der Waals surface area contributed by atoms with Gasteiger partial charge in [-0.2, -0.15) is 0 Å². The summed E-state index contributed by atoms with van der Waals surface area (Å²) >= 11 is 12.5. The molecule has 1 aliphatic carbocycles. The third-order valence-corrected chi connectivity index (χ3v) is 7.12. The maximum Gasteiger partial charge on any atom is 0.226 e. The second-order valence-electron chi connectivity index (χ2n) is 8.76. The molecule has 1 unspecified atom stereocenters. The Balaban J connectivity index is 1.42. The van der Waals surface area contributed by atoms with Gasteiger partial charge in [0, 0.05) is 28.5 Å². The Kier molecular flexibility index (Phi) is 5.92. The number of hydrogen-bond donors (Lipinski definition) is 1. The van der Waals surface area contributed by atoms with Gasteiger partial charge in [0.2, 0.25) is 5.91 Å². The average molecular weight is 432 g/mol. The lowest BCUT2D eigenvalue weighted by atomic mass is 9.83. The molecule has 1 amide bonds. The summed E-state index contributed by atoms with van der Waals surface area (Å²) in [6, 6.07) is 14.0. The SMILES string of the molecule is CC1(O)CCC(N2CCC(Cc3ccc(-c4ccc(Cl)cc4)cc3Cl)C2=O)CC1. The number of hydrogen-bond acceptors (Lipinski definition) is 2. The molecule has 1 aliphatic heterocycles. The van der Waals surface area contributed by atoms with E-state index in [0.717, 1.165) is 55.3 Å². The lowest BCUT2D eigenvalue weighted by molar-refractivity contribution is -0.134. The van der Waals surface area contributed by atoms with Crippen LogP contribution in [0.1, 0.15) is 44.6 Å². The fraction of sp³-hybridized carbons (Fsp3) is 0.458. The third-order valence-electron chi connectivity index (χ3n) is 6.52. The fourth-order valence-electron chi connectivity index (χ4n) is 4.65. The molecule has 1 heterocycles. The summed E-state index contributed by atoms with van der Waals surface area (Å²) in [6.45, 7) is 2.71. The number of rotatable bonds is 4. The Morgan fingerprint density at radius 1 is 1.03 bits per heavy atom. The molecule has 0 radical (unpaired) electrons. The molecule has 0 spiro atoms. The minimum atomic E-state index is -0.571. The number of nitrogens with zero attached hydrogens (tertiary/aromatic N) is 1. The smallest absolute Gasteiger partial charge is 0.226 e. The first kappa shape index (κ1) is 20.7. The van der Waals surface area contributed by atoms with Gasteiger partial charge in [0.1, 0.15) is 0 Å². The molecule has 0 bridgehead atoms. The monoisotopic (exact) mass is 431 g/mol. The highest BCUT2D eigenvalue weighted by Crippen LogP contribution is 2.35. The number of halogens is 2. The van der Waals surface area contributed by atoms with Crippen LogP contribution in [0, 0.1) is 5.92 Å². The molecule has 0 aromatic heterocycles. The molecular weight excluding hydrogens is 405 g/mol. The Labute approximate surface area is 182 Å². The van der Waals surface area contributed by atoms with Gasteiger partial charge >= 0.3 is 0 Å². The molecule has 2 fully saturated rings. The molecule has 1 N–H and O–H groups in total. The van der Waals surface area contributed by atoms with Crippen molar-refractivity contribution in [2.24, 2.45) is 5.92 Å². The van der Waals surface area contributed by atoms with Crippen LogP contribution in [0.15, 0.2) is 42.5 Å². The minimum absolute atomic E-state index is 0.00341. The number of likely N-dealkylation sites (tertiary alicyclic amines) is 1. The summed E-state index contributed by atoms with van der Waals surface area (Å²) in [5.41, 5.74) is 2.57. The topological polar surface area (TPSA) is 40.5 Å².